The van der Waals surface area contributed by atoms with Crippen molar-refractivity contribution in [2.24, 2.45) is 5.73 Å². The number of halogens is 1. The van der Waals surface area contributed by atoms with Gasteiger partial charge in [0.15, 0.2) is 0 Å². The van der Waals surface area contributed by atoms with E-state index in [1.165, 1.54) is 0 Å². The number of nitrogens with one attached hydrogen (secondary N) is 1. The molecule has 1 amide bonds. The Labute approximate surface area is 140 Å². The standard InChI is InChI=1S/C14H11ClN4O5/c15-9-3-1-2-8(4-9)7-17-11-5-10(14(16)20)12(18(21)22)6-13(11)19(23)24/h1-6,17H,7H2,(H2,16,20). The minimum atomic E-state index is -1.05. The van der Waals surface area contributed by atoms with E-state index in [0.717, 1.165) is 11.6 Å². The van der Waals surface area contributed by atoms with E-state index in [1.807, 2.05) is 0 Å². The number of amides is 1. The lowest BCUT2D eigenvalue weighted by molar-refractivity contribution is -0.393. The van der Waals surface area contributed by atoms with Crippen LogP contribution in [0.3, 0.4) is 0 Å². The Kier molecular flexibility index (Phi) is 4.95. The molecule has 9 nitrogen and oxygen atoms in total. The van der Waals surface area contributed by atoms with E-state index < -0.39 is 32.7 Å². The molecule has 0 spiro atoms. The monoisotopic (exact) mass is 350 g/mol. The Hall–Kier alpha value is -3.20. The Morgan fingerprint density at radius 3 is 2.33 bits per heavy atom. The van der Waals surface area contributed by atoms with Gasteiger partial charge in [0.05, 0.1) is 15.9 Å². The van der Waals surface area contributed by atoms with Crippen molar-refractivity contribution in [2.45, 2.75) is 6.54 Å². The quantitative estimate of drug-likeness (QED) is 0.606. The van der Waals surface area contributed by atoms with Crippen LogP contribution in [0.5, 0.6) is 0 Å². The molecule has 0 heterocycles. The van der Waals surface area contributed by atoms with Gasteiger partial charge in [-0.2, -0.15) is 0 Å². The summed E-state index contributed by atoms with van der Waals surface area (Å²) < 4.78 is 0. The molecule has 0 aliphatic rings. The number of carbonyl (C=O) groups excluding carboxylic acids is 1. The van der Waals surface area contributed by atoms with Crippen molar-refractivity contribution in [2.75, 3.05) is 5.32 Å². The van der Waals surface area contributed by atoms with Gasteiger partial charge in [-0.3, -0.25) is 25.0 Å². The summed E-state index contributed by atoms with van der Waals surface area (Å²) in [5.41, 5.74) is 4.12. The highest BCUT2D eigenvalue weighted by Gasteiger charge is 2.26. The molecule has 0 saturated heterocycles. The van der Waals surface area contributed by atoms with E-state index in [9.17, 15) is 25.0 Å². The van der Waals surface area contributed by atoms with Crippen LogP contribution in [0.25, 0.3) is 0 Å². The van der Waals surface area contributed by atoms with Gasteiger partial charge in [0, 0.05) is 11.6 Å². The fourth-order valence-electron chi connectivity index (χ4n) is 2.06. The minimum Gasteiger partial charge on any atom is -0.375 e. The number of carbonyl (C=O) groups is 1. The molecule has 0 aliphatic carbocycles. The summed E-state index contributed by atoms with van der Waals surface area (Å²) in [5, 5.41) is 25.4. The van der Waals surface area contributed by atoms with Crippen LogP contribution in [0.2, 0.25) is 5.02 Å². The lowest BCUT2D eigenvalue weighted by Crippen LogP contribution is -2.15. The van der Waals surface area contributed by atoms with E-state index >= 15 is 0 Å². The Morgan fingerprint density at radius 2 is 1.79 bits per heavy atom. The van der Waals surface area contributed by atoms with E-state index in [1.54, 1.807) is 24.3 Å². The minimum absolute atomic E-state index is 0.0561. The fourth-order valence-corrected chi connectivity index (χ4v) is 2.28. The number of nitrogens with two attached hydrogens (primary N) is 1. The molecule has 0 saturated carbocycles. The maximum atomic E-state index is 11.4. The zero-order valence-electron chi connectivity index (χ0n) is 12.1. The number of benzene rings is 2. The lowest BCUT2D eigenvalue weighted by Gasteiger charge is -2.09. The first kappa shape index (κ1) is 17.2. The van der Waals surface area contributed by atoms with Crippen molar-refractivity contribution in [1.82, 2.24) is 0 Å². The van der Waals surface area contributed by atoms with Gasteiger partial charge in [-0.1, -0.05) is 23.7 Å². The maximum absolute atomic E-state index is 11.4. The molecule has 0 unspecified atom stereocenters. The lowest BCUT2D eigenvalue weighted by atomic mass is 10.1. The van der Waals surface area contributed by atoms with Crippen LogP contribution in [0, 0.1) is 20.2 Å². The molecule has 0 fully saturated rings. The van der Waals surface area contributed by atoms with Crippen LogP contribution < -0.4 is 11.1 Å². The van der Waals surface area contributed by atoms with Gasteiger partial charge in [-0.25, -0.2) is 0 Å². The zero-order chi connectivity index (χ0) is 17.9. The summed E-state index contributed by atoms with van der Waals surface area (Å²) in [7, 11) is 0. The van der Waals surface area contributed by atoms with Gasteiger partial charge in [0.25, 0.3) is 17.3 Å². The Bertz CT molecular complexity index is 840. The molecule has 10 heteroatoms. The smallest absolute Gasteiger partial charge is 0.299 e. The summed E-state index contributed by atoms with van der Waals surface area (Å²) >= 11 is 5.86. The van der Waals surface area contributed by atoms with Gasteiger partial charge in [0.2, 0.25) is 0 Å². The molecule has 0 aliphatic heterocycles. The van der Waals surface area contributed by atoms with Gasteiger partial charge in [-0.05, 0) is 23.8 Å². The van der Waals surface area contributed by atoms with Crippen LogP contribution >= 0.6 is 11.6 Å². The highest BCUT2D eigenvalue weighted by molar-refractivity contribution is 6.30. The van der Waals surface area contributed by atoms with Crippen molar-refractivity contribution >= 4 is 34.6 Å². The summed E-state index contributed by atoms with van der Waals surface area (Å²) in [4.78, 5) is 31.8. The second-order valence-electron chi connectivity index (χ2n) is 4.75. The SMILES string of the molecule is NC(=O)c1cc(NCc2cccc(Cl)c2)c([N+](=O)[O-])cc1[N+](=O)[O-]. The number of primary amides is 1. The third-order valence-electron chi connectivity index (χ3n) is 3.14. The van der Waals surface area contributed by atoms with Crippen LogP contribution in [-0.2, 0) is 6.54 Å². The molecule has 124 valence electrons. The molecular formula is C14H11ClN4O5. The van der Waals surface area contributed by atoms with Crippen molar-refractivity contribution in [3.63, 3.8) is 0 Å². The number of nitro benzene ring substituents is 2. The van der Waals surface area contributed by atoms with Crippen molar-refractivity contribution in [3.8, 4) is 0 Å². The molecule has 0 radical (unpaired) electrons. The van der Waals surface area contributed by atoms with Gasteiger partial charge in [0.1, 0.15) is 11.3 Å². The number of hydrogen-bond donors (Lipinski definition) is 2. The first-order valence-electron chi connectivity index (χ1n) is 6.54. The number of anilines is 1. The molecule has 2 rings (SSSR count). The highest BCUT2D eigenvalue weighted by Crippen LogP contribution is 2.33. The van der Waals surface area contributed by atoms with E-state index in [0.29, 0.717) is 11.1 Å². The Balaban J connectivity index is 2.43. The topological polar surface area (TPSA) is 141 Å². The van der Waals surface area contributed by atoms with Crippen molar-refractivity contribution in [1.29, 1.82) is 0 Å². The third-order valence-corrected chi connectivity index (χ3v) is 3.38. The maximum Gasteiger partial charge on any atom is 0.299 e. The summed E-state index contributed by atoms with van der Waals surface area (Å²) in [6, 6.07) is 8.48. The normalized spacial score (nSPS) is 10.2. The average Bonchev–Trinajstić information content (AvgIpc) is 2.51. The van der Waals surface area contributed by atoms with Crippen LogP contribution in [-0.4, -0.2) is 15.8 Å². The Morgan fingerprint density at radius 1 is 1.12 bits per heavy atom. The van der Waals surface area contributed by atoms with Crippen molar-refractivity contribution in [3.05, 3.63) is 72.8 Å². The molecule has 0 bridgehead atoms. The summed E-state index contributed by atoms with van der Waals surface area (Å²) in [5.74, 6) is -1.05. The predicted molar refractivity (Wildman–Crippen MR) is 87.0 cm³/mol. The van der Waals surface area contributed by atoms with E-state index in [2.05, 4.69) is 5.32 Å². The van der Waals surface area contributed by atoms with Crippen LogP contribution in [0.4, 0.5) is 17.1 Å². The third kappa shape index (κ3) is 3.76. The molecule has 0 aromatic heterocycles. The number of nitrogens with zero attached hydrogens (tertiary/aromatic N) is 2. The summed E-state index contributed by atoms with van der Waals surface area (Å²) in [6.45, 7) is 0.164. The van der Waals surface area contributed by atoms with Crippen LogP contribution in [0.1, 0.15) is 15.9 Å². The van der Waals surface area contributed by atoms with E-state index in [4.69, 9.17) is 17.3 Å². The molecule has 2 aromatic rings. The number of hydrogen-bond acceptors (Lipinski definition) is 6. The second-order valence-corrected chi connectivity index (χ2v) is 5.18. The van der Waals surface area contributed by atoms with E-state index in [-0.39, 0.29) is 12.2 Å². The zero-order valence-corrected chi connectivity index (χ0v) is 12.8. The van der Waals surface area contributed by atoms with Gasteiger partial charge < -0.3 is 11.1 Å². The molecule has 24 heavy (non-hydrogen) atoms. The fraction of sp³-hybridized carbons (Fsp3) is 0.0714. The molecular weight excluding hydrogens is 340 g/mol. The van der Waals surface area contributed by atoms with Gasteiger partial charge >= 0.3 is 0 Å². The molecule has 3 N–H and O–H groups in total. The van der Waals surface area contributed by atoms with Crippen LogP contribution in [0.15, 0.2) is 36.4 Å². The largest absolute Gasteiger partial charge is 0.375 e. The van der Waals surface area contributed by atoms with Gasteiger partial charge in [-0.15, -0.1) is 0 Å². The second kappa shape index (κ2) is 6.92. The average molecular weight is 351 g/mol. The molecule has 0 atom stereocenters. The number of nitro groups is 2. The molecule has 2 aromatic carbocycles. The first-order valence-corrected chi connectivity index (χ1v) is 6.92. The highest BCUT2D eigenvalue weighted by atomic mass is 35.5. The number of rotatable bonds is 6. The summed E-state index contributed by atoms with van der Waals surface area (Å²) in [6.07, 6.45) is 0. The van der Waals surface area contributed by atoms with Crippen molar-refractivity contribution < 1.29 is 14.6 Å². The first-order chi connectivity index (χ1) is 11.3. The predicted octanol–water partition coefficient (Wildman–Crippen LogP) is 2.87.